The Morgan fingerprint density at radius 2 is 1.80 bits per heavy atom. The first-order valence-electron chi connectivity index (χ1n) is 19.7. The summed E-state index contributed by atoms with van der Waals surface area (Å²) in [6.45, 7) is 14.9. The van der Waals surface area contributed by atoms with Crippen molar-refractivity contribution in [3.63, 3.8) is 0 Å². The molecule has 0 unspecified atom stereocenters. The molecule has 3 aliphatic heterocycles. The Hall–Kier alpha value is -1.40. The van der Waals surface area contributed by atoms with E-state index in [2.05, 4.69) is 49.0 Å². The summed E-state index contributed by atoms with van der Waals surface area (Å²) in [7, 11) is 0. The molecule has 0 bridgehead atoms. The van der Waals surface area contributed by atoms with Gasteiger partial charge in [0.25, 0.3) is 0 Å². The van der Waals surface area contributed by atoms with Gasteiger partial charge in [-0.2, -0.15) is 0 Å². The standard InChI is InChI=1S/C39H62N4O6/c1-22-7-10-31-23(2)33-32(43(31)19-22)18-30-28-9-8-25-17-27(11-13-38(25,4)29(28)12-14-39(30,33)5)47-16-6-15-42-20-26(40-41-42)21-48-37-36(46)35(45)34(44)24(3)49-37/h8,20,22-24,27-37,44-46H,6-7,9-19,21H2,1-5H3/t22-,23+,24-,27-,28+,29-,30-,31+,32-,33-,34-,35+,36+,37+,38-,39-/m0/s1. The largest absolute Gasteiger partial charge is 0.388 e. The first-order valence-corrected chi connectivity index (χ1v) is 19.7. The Bertz CT molecular complexity index is 1370. The van der Waals surface area contributed by atoms with Gasteiger partial charge in [0.2, 0.25) is 0 Å². The van der Waals surface area contributed by atoms with Crippen LogP contribution in [0, 0.1) is 46.3 Å². The minimum atomic E-state index is -1.33. The molecular weight excluding hydrogens is 620 g/mol. The van der Waals surface area contributed by atoms with Gasteiger partial charge >= 0.3 is 0 Å². The van der Waals surface area contributed by atoms with Gasteiger partial charge in [-0.25, -0.2) is 0 Å². The number of fused-ring (bicyclic) bond motifs is 9. The van der Waals surface area contributed by atoms with Crippen molar-refractivity contribution in [1.29, 1.82) is 0 Å². The second-order valence-electron chi connectivity index (χ2n) is 18.0. The van der Waals surface area contributed by atoms with Gasteiger partial charge in [-0.05, 0) is 117 Å². The van der Waals surface area contributed by atoms with Crippen LogP contribution in [0.25, 0.3) is 0 Å². The Labute approximate surface area is 292 Å². The predicted octanol–water partition coefficient (Wildman–Crippen LogP) is 4.71. The predicted molar refractivity (Wildman–Crippen MR) is 184 cm³/mol. The van der Waals surface area contributed by atoms with Gasteiger partial charge in [0.1, 0.15) is 24.0 Å². The summed E-state index contributed by atoms with van der Waals surface area (Å²) in [5.41, 5.74) is 3.16. The summed E-state index contributed by atoms with van der Waals surface area (Å²) in [6.07, 6.45) is 12.1. The Morgan fingerprint density at radius 3 is 2.63 bits per heavy atom. The van der Waals surface area contributed by atoms with Gasteiger partial charge in [0.15, 0.2) is 6.29 Å². The van der Waals surface area contributed by atoms with Crippen molar-refractivity contribution < 1.29 is 29.5 Å². The topological polar surface area (TPSA) is 122 Å². The van der Waals surface area contributed by atoms with E-state index in [0.29, 0.717) is 35.8 Å². The molecule has 7 aliphatic rings. The quantitative estimate of drug-likeness (QED) is 0.265. The van der Waals surface area contributed by atoms with Crippen molar-refractivity contribution in [3.05, 3.63) is 23.5 Å². The number of allylic oxidation sites excluding steroid dienone is 1. The van der Waals surface area contributed by atoms with Crippen LogP contribution in [0.1, 0.15) is 105 Å². The molecule has 0 amide bonds. The minimum absolute atomic E-state index is 0.0873. The van der Waals surface area contributed by atoms with Gasteiger partial charge in [0, 0.05) is 31.8 Å². The summed E-state index contributed by atoms with van der Waals surface area (Å²) in [4.78, 5) is 3.02. The number of hydrogen-bond acceptors (Lipinski definition) is 9. The number of nitrogens with zero attached hydrogens (tertiary/aromatic N) is 4. The van der Waals surface area contributed by atoms with E-state index >= 15 is 0 Å². The van der Waals surface area contributed by atoms with Gasteiger partial charge in [0.05, 0.1) is 25.0 Å². The molecule has 0 aromatic carbocycles. The zero-order valence-electron chi connectivity index (χ0n) is 30.5. The maximum atomic E-state index is 10.2. The van der Waals surface area contributed by atoms with Gasteiger partial charge in [-0.3, -0.25) is 9.58 Å². The number of hydrogen-bond donors (Lipinski definition) is 3. The van der Waals surface area contributed by atoms with E-state index in [0.717, 1.165) is 66.9 Å². The van der Waals surface area contributed by atoms with E-state index in [-0.39, 0.29) is 6.61 Å². The molecular formula is C39H62N4O6. The first kappa shape index (κ1) is 34.7. The summed E-state index contributed by atoms with van der Waals surface area (Å²) in [5, 5.41) is 38.5. The number of aryl methyl sites for hydroxylation is 1. The molecule has 49 heavy (non-hydrogen) atoms. The first-order chi connectivity index (χ1) is 23.5. The van der Waals surface area contributed by atoms with E-state index in [1.165, 1.54) is 51.5 Å². The zero-order chi connectivity index (χ0) is 34.2. The van der Waals surface area contributed by atoms with Gasteiger partial charge < -0.3 is 29.5 Å². The van der Waals surface area contributed by atoms with E-state index in [9.17, 15) is 15.3 Å². The molecule has 3 saturated heterocycles. The molecule has 3 N–H and O–H groups in total. The molecule has 0 radical (unpaired) electrons. The van der Waals surface area contributed by atoms with E-state index in [1.54, 1.807) is 17.2 Å². The lowest BCUT2D eigenvalue weighted by molar-refractivity contribution is -0.296. The van der Waals surface area contributed by atoms with Gasteiger partial charge in [-0.15, -0.1) is 5.10 Å². The fourth-order valence-electron chi connectivity index (χ4n) is 12.8. The third-order valence-corrected chi connectivity index (χ3v) is 15.3. The highest BCUT2D eigenvalue weighted by molar-refractivity contribution is 5.27. The summed E-state index contributed by atoms with van der Waals surface area (Å²) >= 11 is 0. The zero-order valence-corrected chi connectivity index (χ0v) is 30.5. The van der Waals surface area contributed by atoms with Crippen LogP contribution in [0.3, 0.4) is 0 Å². The van der Waals surface area contributed by atoms with Crippen LogP contribution >= 0.6 is 0 Å². The van der Waals surface area contributed by atoms with Crippen LogP contribution in [0.15, 0.2) is 17.8 Å². The van der Waals surface area contributed by atoms with Crippen molar-refractivity contribution in [3.8, 4) is 0 Å². The normalized spacial score (nSPS) is 49.4. The van der Waals surface area contributed by atoms with Crippen LogP contribution in [0.4, 0.5) is 0 Å². The smallest absolute Gasteiger partial charge is 0.186 e. The molecule has 4 aliphatic carbocycles. The van der Waals surface area contributed by atoms with Crippen molar-refractivity contribution in [2.45, 2.75) is 161 Å². The molecule has 274 valence electrons. The van der Waals surface area contributed by atoms with Crippen molar-refractivity contribution in [1.82, 2.24) is 19.9 Å². The Kier molecular flexibility index (Phi) is 9.36. The highest BCUT2D eigenvalue weighted by atomic mass is 16.7. The molecule has 16 atom stereocenters. The molecule has 0 spiro atoms. The number of piperidine rings is 1. The second-order valence-corrected chi connectivity index (χ2v) is 18.0. The lowest BCUT2D eigenvalue weighted by Gasteiger charge is -2.58. The maximum absolute atomic E-state index is 10.2. The number of aromatic nitrogens is 3. The Balaban J connectivity index is 0.821. The van der Waals surface area contributed by atoms with Crippen LogP contribution < -0.4 is 0 Å². The average molecular weight is 683 g/mol. The van der Waals surface area contributed by atoms with Crippen molar-refractivity contribution in [2.75, 3.05) is 13.2 Å². The van der Waals surface area contributed by atoms with E-state index < -0.39 is 30.7 Å². The number of aliphatic hydroxyl groups is 3. The van der Waals surface area contributed by atoms with Crippen molar-refractivity contribution >= 4 is 0 Å². The lowest BCUT2D eigenvalue weighted by atomic mass is 9.47. The van der Waals surface area contributed by atoms with Crippen LogP contribution in [-0.2, 0) is 27.4 Å². The fourth-order valence-corrected chi connectivity index (χ4v) is 12.8. The summed E-state index contributed by atoms with van der Waals surface area (Å²) in [6, 6.07) is 1.67. The molecule has 10 heteroatoms. The number of aliphatic hydroxyl groups excluding tert-OH is 3. The summed E-state index contributed by atoms with van der Waals surface area (Å²) < 4.78 is 19.5. The van der Waals surface area contributed by atoms with Crippen molar-refractivity contribution in [2.24, 2.45) is 46.3 Å². The number of ether oxygens (including phenoxy) is 3. The highest BCUT2D eigenvalue weighted by Crippen LogP contribution is 2.70. The summed E-state index contributed by atoms with van der Waals surface area (Å²) in [5.74, 6) is 5.18. The number of rotatable bonds is 8. The van der Waals surface area contributed by atoms with E-state index in [1.807, 2.05) is 6.20 Å². The average Bonchev–Trinajstić information content (AvgIpc) is 3.75. The Morgan fingerprint density at radius 1 is 0.959 bits per heavy atom. The van der Waals surface area contributed by atoms with Crippen LogP contribution in [0.5, 0.6) is 0 Å². The SMILES string of the molecule is C[C@H]1CC[C@@H]2[C@@H](C)[C@H]3[C@H](C[C@H]4[C@@H]5CC=C6C[C@@H](OCCCn7cc(CO[C@@H]8O[C@@H](C)[C@H](O)[C@@H](O)[C@H]8O)nn7)CC[C@]6(C)[C@H]5CC[C@]34C)N2C1. The van der Waals surface area contributed by atoms with Gasteiger partial charge in [-0.1, -0.05) is 44.6 Å². The third-order valence-electron chi connectivity index (χ3n) is 15.3. The molecule has 6 fully saturated rings. The lowest BCUT2D eigenvalue weighted by Crippen LogP contribution is -2.57. The monoisotopic (exact) mass is 682 g/mol. The maximum Gasteiger partial charge on any atom is 0.186 e. The second kappa shape index (κ2) is 13.2. The van der Waals surface area contributed by atoms with E-state index in [4.69, 9.17) is 14.2 Å². The minimum Gasteiger partial charge on any atom is -0.388 e. The molecule has 3 saturated carbocycles. The molecule has 8 rings (SSSR count). The van der Waals surface area contributed by atoms with Crippen LogP contribution in [0.2, 0.25) is 0 Å². The fraction of sp³-hybridized carbons (Fsp3) is 0.897. The molecule has 1 aromatic heterocycles. The molecule has 10 nitrogen and oxygen atoms in total. The third kappa shape index (κ3) is 5.88. The highest BCUT2D eigenvalue weighted by Gasteiger charge is 2.66. The molecule has 4 heterocycles. The molecule has 1 aromatic rings. The van der Waals surface area contributed by atoms with Crippen LogP contribution in [-0.4, -0.2) is 97.3 Å².